The monoisotopic (exact) mass is 327 g/mol. The Kier molecular flexibility index (Phi) is 7.84. The van der Waals surface area contributed by atoms with Crippen LogP contribution in [-0.4, -0.2) is 30.5 Å². The number of rotatable bonds is 6. The van der Waals surface area contributed by atoms with Crippen LogP contribution in [0.25, 0.3) is 0 Å². The van der Waals surface area contributed by atoms with Crippen LogP contribution in [0.5, 0.6) is 0 Å². The maximum atomic E-state index is 11.8. The number of benzene rings is 1. The molecule has 0 saturated carbocycles. The average molecular weight is 328 g/mol. The summed E-state index contributed by atoms with van der Waals surface area (Å²) in [6.07, 6.45) is 3.70. The predicted octanol–water partition coefficient (Wildman–Crippen LogP) is 2.06. The molecular weight excluding hydrogens is 306 g/mol. The highest BCUT2D eigenvalue weighted by atomic mass is 35.5. The van der Waals surface area contributed by atoms with Crippen molar-refractivity contribution in [3.05, 3.63) is 39.9 Å². The molecule has 2 N–H and O–H groups in total. The van der Waals surface area contributed by atoms with Crippen molar-refractivity contribution in [3.8, 4) is 0 Å². The van der Waals surface area contributed by atoms with Gasteiger partial charge in [-0.1, -0.05) is 12.1 Å². The molecule has 6 nitrogen and oxygen atoms in total. The third-order valence-corrected chi connectivity index (χ3v) is 3.79. The fourth-order valence-corrected chi connectivity index (χ4v) is 2.57. The third-order valence-electron chi connectivity index (χ3n) is 3.79. The predicted molar refractivity (Wildman–Crippen MR) is 87.3 cm³/mol. The van der Waals surface area contributed by atoms with Gasteiger partial charge in [0, 0.05) is 18.7 Å². The van der Waals surface area contributed by atoms with Crippen LogP contribution < -0.4 is 10.6 Å². The highest BCUT2D eigenvalue weighted by Gasteiger charge is 2.13. The lowest BCUT2D eigenvalue weighted by atomic mass is 9.96. The zero-order valence-electron chi connectivity index (χ0n) is 12.4. The van der Waals surface area contributed by atoms with E-state index < -0.39 is 4.92 Å². The number of carbonyl (C=O) groups is 1. The number of nitrogens with one attached hydrogen (secondary N) is 2. The molecule has 122 valence electrons. The van der Waals surface area contributed by atoms with Gasteiger partial charge in [-0.05, 0) is 43.8 Å². The number of carbonyl (C=O) groups excluding carboxylic acids is 1. The van der Waals surface area contributed by atoms with Crippen molar-refractivity contribution >= 4 is 24.0 Å². The smallest absolute Gasteiger partial charge is 0.269 e. The lowest BCUT2D eigenvalue weighted by Gasteiger charge is -2.22. The Morgan fingerprint density at radius 3 is 2.68 bits per heavy atom. The van der Waals surface area contributed by atoms with Crippen LogP contribution in [0.1, 0.15) is 24.8 Å². The van der Waals surface area contributed by atoms with E-state index in [2.05, 4.69) is 10.6 Å². The van der Waals surface area contributed by atoms with E-state index in [-0.39, 0.29) is 30.4 Å². The first kappa shape index (κ1) is 18.4. The second-order valence-corrected chi connectivity index (χ2v) is 5.45. The van der Waals surface area contributed by atoms with Gasteiger partial charge in [-0.25, -0.2) is 0 Å². The summed E-state index contributed by atoms with van der Waals surface area (Å²) in [7, 11) is 0. The van der Waals surface area contributed by atoms with E-state index in [0.717, 1.165) is 25.1 Å². The fourth-order valence-electron chi connectivity index (χ4n) is 2.57. The van der Waals surface area contributed by atoms with Gasteiger partial charge in [0.1, 0.15) is 0 Å². The molecular formula is C15H22ClN3O3. The summed E-state index contributed by atoms with van der Waals surface area (Å²) in [6.45, 7) is 2.83. The number of nitrogens with zero attached hydrogens (tertiary/aromatic N) is 1. The molecule has 1 aliphatic heterocycles. The van der Waals surface area contributed by atoms with E-state index in [1.807, 2.05) is 0 Å². The number of hydrogen-bond acceptors (Lipinski definition) is 4. The summed E-state index contributed by atoms with van der Waals surface area (Å²) in [5, 5.41) is 16.8. The summed E-state index contributed by atoms with van der Waals surface area (Å²) >= 11 is 0. The molecule has 1 aromatic rings. The van der Waals surface area contributed by atoms with Crippen LogP contribution in [0.2, 0.25) is 0 Å². The zero-order valence-corrected chi connectivity index (χ0v) is 13.2. The van der Waals surface area contributed by atoms with Gasteiger partial charge in [-0.15, -0.1) is 12.4 Å². The Morgan fingerprint density at radius 1 is 1.36 bits per heavy atom. The highest BCUT2D eigenvalue weighted by molar-refractivity contribution is 5.85. The van der Waals surface area contributed by atoms with Crippen molar-refractivity contribution in [1.82, 2.24) is 10.6 Å². The van der Waals surface area contributed by atoms with E-state index in [9.17, 15) is 14.9 Å². The van der Waals surface area contributed by atoms with Gasteiger partial charge in [0.25, 0.3) is 5.69 Å². The Balaban J connectivity index is 0.00000242. The van der Waals surface area contributed by atoms with Crippen LogP contribution in [-0.2, 0) is 11.2 Å². The van der Waals surface area contributed by atoms with E-state index in [0.29, 0.717) is 12.5 Å². The Morgan fingerprint density at radius 2 is 2.09 bits per heavy atom. The molecule has 0 bridgehead atoms. The maximum Gasteiger partial charge on any atom is 0.269 e. The third kappa shape index (κ3) is 5.99. The maximum absolute atomic E-state index is 11.8. The summed E-state index contributed by atoms with van der Waals surface area (Å²) in [5.41, 5.74) is 0.835. The van der Waals surface area contributed by atoms with Crippen molar-refractivity contribution in [1.29, 1.82) is 0 Å². The number of piperidine rings is 1. The number of nitro groups is 1. The molecule has 1 atom stereocenters. The van der Waals surface area contributed by atoms with Crippen molar-refractivity contribution in [2.24, 2.45) is 5.92 Å². The van der Waals surface area contributed by atoms with E-state index in [1.54, 1.807) is 12.1 Å². The van der Waals surface area contributed by atoms with Crippen molar-refractivity contribution in [2.75, 3.05) is 19.6 Å². The molecule has 0 aliphatic carbocycles. The topological polar surface area (TPSA) is 84.3 Å². The Labute approximate surface area is 136 Å². The second kappa shape index (κ2) is 9.38. The first-order valence-corrected chi connectivity index (χ1v) is 7.36. The van der Waals surface area contributed by atoms with E-state index >= 15 is 0 Å². The second-order valence-electron chi connectivity index (χ2n) is 5.45. The molecule has 1 amide bonds. The summed E-state index contributed by atoms with van der Waals surface area (Å²) < 4.78 is 0. The van der Waals surface area contributed by atoms with Gasteiger partial charge < -0.3 is 10.6 Å². The highest BCUT2D eigenvalue weighted by Crippen LogP contribution is 2.14. The van der Waals surface area contributed by atoms with Gasteiger partial charge in [-0.2, -0.15) is 0 Å². The minimum Gasteiger partial charge on any atom is -0.356 e. The normalized spacial score (nSPS) is 17.4. The van der Waals surface area contributed by atoms with Crippen LogP contribution in [0, 0.1) is 16.0 Å². The van der Waals surface area contributed by atoms with Gasteiger partial charge in [0.15, 0.2) is 0 Å². The number of non-ortho nitro benzene ring substituents is 1. The van der Waals surface area contributed by atoms with Crippen LogP contribution in [0.15, 0.2) is 24.3 Å². The molecule has 0 radical (unpaired) electrons. The van der Waals surface area contributed by atoms with Crippen molar-refractivity contribution < 1.29 is 9.72 Å². The molecule has 1 heterocycles. The molecule has 1 fully saturated rings. The van der Waals surface area contributed by atoms with Gasteiger partial charge >= 0.3 is 0 Å². The lowest BCUT2D eigenvalue weighted by molar-refractivity contribution is -0.384. The van der Waals surface area contributed by atoms with E-state index in [4.69, 9.17) is 0 Å². The Hall–Kier alpha value is -1.66. The summed E-state index contributed by atoms with van der Waals surface area (Å²) in [6, 6.07) is 6.11. The molecule has 7 heteroatoms. The first-order valence-electron chi connectivity index (χ1n) is 7.36. The number of nitro benzene ring substituents is 1. The molecule has 22 heavy (non-hydrogen) atoms. The minimum absolute atomic E-state index is 0. The van der Waals surface area contributed by atoms with E-state index in [1.165, 1.54) is 25.0 Å². The van der Waals surface area contributed by atoms with Gasteiger partial charge in [0.2, 0.25) is 5.91 Å². The summed E-state index contributed by atoms with van der Waals surface area (Å²) in [4.78, 5) is 21.9. The van der Waals surface area contributed by atoms with Crippen LogP contribution in [0.3, 0.4) is 0 Å². The average Bonchev–Trinajstić information content (AvgIpc) is 2.49. The molecule has 1 aliphatic rings. The quantitative estimate of drug-likeness (QED) is 0.618. The fraction of sp³-hybridized carbons (Fsp3) is 0.533. The standard InChI is InChI=1S/C15H21N3O3.ClH/c19-15(17-9-7-13-2-1-8-16-11-13)10-12-3-5-14(6-4-12)18(20)21;/h3-6,13,16H,1-2,7-11H2,(H,17,19);1H. The number of halogens is 1. The van der Waals surface area contributed by atoms with Crippen molar-refractivity contribution in [2.45, 2.75) is 25.7 Å². The minimum atomic E-state index is -0.442. The molecule has 1 aromatic carbocycles. The molecule has 1 saturated heterocycles. The first-order chi connectivity index (χ1) is 10.1. The number of hydrogen-bond donors (Lipinski definition) is 2. The van der Waals surface area contributed by atoms with Crippen molar-refractivity contribution in [3.63, 3.8) is 0 Å². The molecule has 0 aromatic heterocycles. The van der Waals surface area contributed by atoms with Gasteiger partial charge in [-0.3, -0.25) is 14.9 Å². The zero-order chi connectivity index (χ0) is 15.1. The number of amides is 1. The Bertz CT molecular complexity index is 487. The summed E-state index contributed by atoms with van der Waals surface area (Å²) in [5.74, 6) is 0.617. The molecule has 0 spiro atoms. The lowest BCUT2D eigenvalue weighted by Crippen LogP contribution is -2.33. The molecule has 2 rings (SSSR count). The molecule has 1 unspecified atom stereocenters. The van der Waals surface area contributed by atoms with Crippen LogP contribution in [0.4, 0.5) is 5.69 Å². The van der Waals surface area contributed by atoms with Crippen LogP contribution >= 0.6 is 12.4 Å². The van der Waals surface area contributed by atoms with Gasteiger partial charge in [0.05, 0.1) is 11.3 Å². The largest absolute Gasteiger partial charge is 0.356 e. The SMILES string of the molecule is Cl.O=C(Cc1ccc([N+](=O)[O-])cc1)NCCC1CCCNC1.